The number of hydrogen-bond donors (Lipinski definition) is 1. The van der Waals surface area contributed by atoms with Gasteiger partial charge < -0.3 is 18.8 Å². The van der Waals surface area contributed by atoms with Gasteiger partial charge in [0.1, 0.15) is 21.8 Å². The highest BCUT2D eigenvalue weighted by Crippen LogP contribution is 2.38. The molecule has 5 rings (SSSR count). The molecular weight excluding hydrogens is 493 g/mol. The van der Waals surface area contributed by atoms with E-state index < -0.39 is 22.8 Å². The standard InChI is InChI=1S/C26H17ClFNO5S/c1-33-17-9-10-20-19(12-17)23-21(25(31)29(20)13-14-5-7-16(28)8-6-14)22(30)24(26(32)34-23)35-18-4-2-3-15(27)11-18/h2-12,30H,13H2,1H3. The maximum Gasteiger partial charge on any atom is 0.354 e. The molecule has 2 heterocycles. The van der Waals surface area contributed by atoms with E-state index in [-0.39, 0.29) is 22.4 Å². The van der Waals surface area contributed by atoms with Crippen molar-refractivity contribution in [2.45, 2.75) is 16.3 Å². The third-order valence-electron chi connectivity index (χ3n) is 5.53. The van der Waals surface area contributed by atoms with Crippen LogP contribution in [0.3, 0.4) is 0 Å². The molecule has 1 N–H and O–H groups in total. The Kier molecular flexibility index (Phi) is 6.00. The zero-order valence-electron chi connectivity index (χ0n) is 18.2. The summed E-state index contributed by atoms with van der Waals surface area (Å²) in [6.07, 6.45) is 0. The van der Waals surface area contributed by atoms with Gasteiger partial charge in [-0.1, -0.05) is 41.6 Å². The SMILES string of the molecule is COc1ccc2c(c1)c1oc(=O)c(Sc3cccc(Cl)c3)c(O)c1c(=O)n2Cc1ccc(F)cc1. The van der Waals surface area contributed by atoms with Crippen molar-refractivity contribution < 1.29 is 18.7 Å². The Morgan fingerprint density at radius 3 is 2.57 bits per heavy atom. The summed E-state index contributed by atoms with van der Waals surface area (Å²) in [7, 11) is 1.49. The first kappa shape index (κ1) is 23.0. The van der Waals surface area contributed by atoms with Crippen molar-refractivity contribution in [2.24, 2.45) is 0 Å². The summed E-state index contributed by atoms with van der Waals surface area (Å²) in [5.41, 5.74) is -0.256. The average Bonchev–Trinajstić information content (AvgIpc) is 2.85. The van der Waals surface area contributed by atoms with Crippen LogP contribution in [-0.2, 0) is 6.54 Å². The lowest BCUT2D eigenvalue weighted by molar-refractivity contribution is 0.415. The van der Waals surface area contributed by atoms with Crippen LogP contribution >= 0.6 is 23.4 Å². The molecular formula is C26H17ClFNO5S. The zero-order chi connectivity index (χ0) is 24.7. The minimum absolute atomic E-state index is 0.0443. The number of aromatic nitrogens is 1. The van der Waals surface area contributed by atoms with Crippen molar-refractivity contribution in [1.82, 2.24) is 4.57 Å². The number of nitrogens with zero attached hydrogens (tertiary/aromatic N) is 1. The molecule has 176 valence electrons. The topological polar surface area (TPSA) is 81.7 Å². The molecule has 0 fully saturated rings. The molecule has 0 aliphatic heterocycles. The average molecular weight is 510 g/mol. The summed E-state index contributed by atoms with van der Waals surface area (Å²) in [4.78, 5) is 27.0. The number of methoxy groups -OCH3 is 1. The molecule has 0 amide bonds. The Hall–Kier alpha value is -3.75. The van der Waals surface area contributed by atoms with Crippen LogP contribution < -0.4 is 15.9 Å². The third-order valence-corrected chi connectivity index (χ3v) is 6.82. The molecule has 0 atom stereocenters. The van der Waals surface area contributed by atoms with Gasteiger partial charge in [0.25, 0.3) is 5.56 Å². The molecule has 0 saturated carbocycles. The van der Waals surface area contributed by atoms with Crippen LogP contribution in [-0.4, -0.2) is 16.8 Å². The summed E-state index contributed by atoms with van der Waals surface area (Å²) < 4.78 is 25.8. The highest BCUT2D eigenvalue weighted by molar-refractivity contribution is 7.99. The van der Waals surface area contributed by atoms with Gasteiger partial charge >= 0.3 is 5.63 Å². The molecule has 35 heavy (non-hydrogen) atoms. The van der Waals surface area contributed by atoms with Gasteiger partial charge in [-0.05, 0) is 54.1 Å². The molecule has 3 aromatic carbocycles. The van der Waals surface area contributed by atoms with Gasteiger partial charge in [-0.2, -0.15) is 0 Å². The molecule has 0 unspecified atom stereocenters. The highest BCUT2D eigenvalue weighted by atomic mass is 35.5. The Morgan fingerprint density at radius 1 is 1.09 bits per heavy atom. The number of pyridine rings is 1. The number of ether oxygens (including phenoxy) is 1. The normalized spacial score (nSPS) is 11.3. The molecule has 0 bridgehead atoms. The number of aromatic hydroxyl groups is 1. The van der Waals surface area contributed by atoms with Gasteiger partial charge in [-0.25, -0.2) is 9.18 Å². The van der Waals surface area contributed by atoms with Crippen molar-refractivity contribution >= 4 is 45.2 Å². The summed E-state index contributed by atoms with van der Waals surface area (Å²) in [6, 6.07) is 17.5. The molecule has 9 heteroatoms. The summed E-state index contributed by atoms with van der Waals surface area (Å²) in [5.74, 6) is -0.398. The lowest BCUT2D eigenvalue weighted by Crippen LogP contribution is -2.23. The zero-order valence-corrected chi connectivity index (χ0v) is 19.8. The fourth-order valence-corrected chi connectivity index (χ4v) is 5.01. The first-order valence-corrected chi connectivity index (χ1v) is 11.6. The maximum absolute atomic E-state index is 13.7. The van der Waals surface area contributed by atoms with Gasteiger partial charge in [0.2, 0.25) is 0 Å². The molecule has 2 aromatic heterocycles. The molecule has 6 nitrogen and oxygen atoms in total. The Balaban J connectivity index is 1.80. The largest absolute Gasteiger partial charge is 0.505 e. The number of rotatable bonds is 5. The summed E-state index contributed by atoms with van der Waals surface area (Å²) in [6.45, 7) is 0.104. The van der Waals surface area contributed by atoms with Crippen molar-refractivity contribution in [2.75, 3.05) is 7.11 Å². The fourth-order valence-electron chi connectivity index (χ4n) is 3.87. The lowest BCUT2D eigenvalue weighted by Gasteiger charge is -2.15. The Bertz CT molecular complexity index is 1710. The molecule has 0 saturated heterocycles. The van der Waals surface area contributed by atoms with E-state index in [9.17, 15) is 19.1 Å². The van der Waals surface area contributed by atoms with Crippen molar-refractivity contribution in [1.29, 1.82) is 0 Å². The molecule has 0 aliphatic carbocycles. The van der Waals surface area contributed by atoms with Crippen molar-refractivity contribution in [3.63, 3.8) is 0 Å². The number of benzene rings is 3. The van der Waals surface area contributed by atoms with Crippen LogP contribution in [0, 0.1) is 5.82 Å². The lowest BCUT2D eigenvalue weighted by atomic mass is 10.1. The quantitative estimate of drug-likeness (QED) is 0.301. The van der Waals surface area contributed by atoms with Crippen molar-refractivity contribution in [3.05, 3.63) is 104 Å². The second kappa shape index (κ2) is 9.13. The van der Waals surface area contributed by atoms with Gasteiger partial charge in [0.05, 0.1) is 19.2 Å². The minimum Gasteiger partial charge on any atom is -0.505 e. The fraction of sp³-hybridized carbons (Fsp3) is 0.0769. The second-order valence-electron chi connectivity index (χ2n) is 7.73. The van der Waals surface area contributed by atoms with Gasteiger partial charge in [-0.15, -0.1) is 0 Å². The van der Waals surface area contributed by atoms with Gasteiger partial charge in [-0.3, -0.25) is 4.79 Å². The van der Waals surface area contributed by atoms with Gasteiger partial charge in [0.15, 0.2) is 11.3 Å². The summed E-state index contributed by atoms with van der Waals surface area (Å²) >= 11 is 6.99. The van der Waals surface area contributed by atoms with Crippen LogP contribution in [0.1, 0.15) is 5.56 Å². The molecule has 0 aliphatic rings. The predicted molar refractivity (Wildman–Crippen MR) is 134 cm³/mol. The van der Waals surface area contributed by atoms with E-state index in [2.05, 4.69) is 0 Å². The maximum atomic E-state index is 13.7. The van der Waals surface area contributed by atoms with Crippen LogP contribution in [0.5, 0.6) is 11.5 Å². The summed E-state index contributed by atoms with van der Waals surface area (Å²) in [5, 5.41) is 11.9. The van der Waals surface area contributed by atoms with E-state index in [0.29, 0.717) is 32.1 Å². The van der Waals surface area contributed by atoms with Crippen LogP contribution in [0.2, 0.25) is 5.02 Å². The van der Waals surface area contributed by atoms with Gasteiger partial charge in [0, 0.05) is 15.3 Å². The molecule has 0 spiro atoms. The number of hydrogen-bond acceptors (Lipinski definition) is 6. The predicted octanol–water partition coefficient (Wildman–Crippen LogP) is 5.81. The van der Waals surface area contributed by atoms with E-state index in [0.717, 1.165) is 11.8 Å². The van der Waals surface area contributed by atoms with E-state index in [1.165, 1.54) is 23.8 Å². The Labute approximate surface area is 207 Å². The smallest absolute Gasteiger partial charge is 0.354 e. The van der Waals surface area contributed by atoms with E-state index in [1.54, 1.807) is 54.6 Å². The highest BCUT2D eigenvalue weighted by Gasteiger charge is 2.23. The molecule has 5 aromatic rings. The minimum atomic E-state index is -0.792. The Morgan fingerprint density at radius 2 is 1.86 bits per heavy atom. The van der Waals surface area contributed by atoms with Crippen LogP contribution in [0.15, 0.2) is 90.5 Å². The van der Waals surface area contributed by atoms with E-state index >= 15 is 0 Å². The second-order valence-corrected chi connectivity index (χ2v) is 9.25. The monoisotopic (exact) mass is 509 g/mol. The third kappa shape index (κ3) is 4.26. The molecule has 0 radical (unpaired) electrons. The number of halogens is 2. The first-order chi connectivity index (χ1) is 16.9. The van der Waals surface area contributed by atoms with Crippen molar-refractivity contribution in [3.8, 4) is 11.5 Å². The van der Waals surface area contributed by atoms with Crippen LogP contribution in [0.25, 0.3) is 21.9 Å². The van der Waals surface area contributed by atoms with E-state index in [4.69, 9.17) is 20.8 Å². The van der Waals surface area contributed by atoms with Crippen LogP contribution in [0.4, 0.5) is 4.39 Å². The van der Waals surface area contributed by atoms with E-state index in [1.807, 2.05) is 0 Å². The first-order valence-electron chi connectivity index (χ1n) is 10.4. The number of fused-ring (bicyclic) bond motifs is 3.